The van der Waals surface area contributed by atoms with Gasteiger partial charge in [0.2, 0.25) is 0 Å². The van der Waals surface area contributed by atoms with E-state index in [0.29, 0.717) is 51.7 Å². The van der Waals surface area contributed by atoms with E-state index in [9.17, 15) is 14.4 Å². The van der Waals surface area contributed by atoms with Crippen LogP contribution >= 0.6 is 11.8 Å². The maximum Gasteiger partial charge on any atom is 0.337 e. The Kier molecular flexibility index (Phi) is 9.58. The molecule has 0 aliphatic carbocycles. The third kappa shape index (κ3) is 7.09. The number of carbonyl (C=O) groups excluding carboxylic acids is 3. The van der Waals surface area contributed by atoms with Crippen LogP contribution in [0.4, 0.5) is 11.4 Å². The first kappa shape index (κ1) is 28.4. The molecule has 0 spiro atoms. The van der Waals surface area contributed by atoms with E-state index in [1.54, 1.807) is 65.6 Å². The summed E-state index contributed by atoms with van der Waals surface area (Å²) in [6.45, 7) is 4.40. The van der Waals surface area contributed by atoms with Crippen LogP contribution in [-0.2, 0) is 14.3 Å². The smallest absolute Gasteiger partial charge is 0.337 e. The molecule has 10 heteroatoms. The summed E-state index contributed by atoms with van der Waals surface area (Å²) < 4.78 is 16.2. The third-order valence-electron chi connectivity index (χ3n) is 5.70. The van der Waals surface area contributed by atoms with Gasteiger partial charge in [-0.3, -0.25) is 14.5 Å². The first-order chi connectivity index (χ1) is 19.4. The molecule has 1 fully saturated rings. The normalized spacial score (nSPS) is 14.9. The monoisotopic (exact) mass is 559 g/mol. The highest BCUT2D eigenvalue weighted by atomic mass is 32.2. The number of thioether (sulfide) groups is 1. The molecule has 0 saturated carbocycles. The fraction of sp³-hybridized carbons (Fsp3) is 0.200. The van der Waals surface area contributed by atoms with Crippen LogP contribution < -0.4 is 14.8 Å². The van der Waals surface area contributed by atoms with Gasteiger partial charge in [0.1, 0.15) is 0 Å². The summed E-state index contributed by atoms with van der Waals surface area (Å²) in [4.78, 5) is 43.8. The minimum absolute atomic E-state index is 0.159. The number of hydrogen-bond acceptors (Lipinski definition) is 8. The van der Waals surface area contributed by atoms with Crippen LogP contribution in [0, 0.1) is 0 Å². The summed E-state index contributed by atoms with van der Waals surface area (Å²) in [6.07, 6.45) is 1.77. The predicted molar refractivity (Wildman–Crippen MR) is 156 cm³/mol. The Morgan fingerprint density at radius 3 is 2.40 bits per heavy atom. The topological polar surface area (TPSA) is 107 Å². The Labute approximate surface area is 236 Å². The van der Waals surface area contributed by atoms with Gasteiger partial charge in [0, 0.05) is 12.2 Å². The van der Waals surface area contributed by atoms with E-state index in [0.717, 1.165) is 5.56 Å². The lowest BCUT2D eigenvalue weighted by Crippen LogP contribution is -2.28. The highest BCUT2D eigenvalue weighted by Crippen LogP contribution is 2.36. The number of hydrogen-bond donors (Lipinski definition) is 1. The molecule has 3 aromatic rings. The number of ether oxygens (including phenoxy) is 3. The lowest BCUT2D eigenvalue weighted by Gasteiger charge is -2.13. The zero-order chi connectivity index (χ0) is 28.5. The molecule has 3 aromatic carbocycles. The number of anilines is 1. The third-order valence-corrected chi connectivity index (χ3v) is 6.71. The lowest BCUT2D eigenvalue weighted by molar-refractivity contribution is -0.122. The number of amides is 2. The number of benzene rings is 3. The van der Waals surface area contributed by atoms with Crippen molar-refractivity contribution in [2.45, 2.75) is 13.8 Å². The molecule has 1 saturated heterocycles. The molecule has 1 aliphatic rings. The number of amidine groups is 1. The number of rotatable bonds is 10. The molecule has 9 nitrogen and oxygen atoms in total. The van der Waals surface area contributed by atoms with E-state index in [1.165, 1.54) is 18.9 Å². The second kappa shape index (κ2) is 13.5. The second-order valence-corrected chi connectivity index (χ2v) is 9.44. The Morgan fingerprint density at radius 1 is 0.975 bits per heavy atom. The molecule has 2 amide bonds. The Bertz CT molecular complexity index is 1440. The van der Waals surface area contributed by atoms with Crippen molar-refractivity contribution in [3.8, 4) is 11.5 Å². The van der Waals surface area contributed by atoms with Gasteiger partial charge in [0.15, 0.2) is 23.3 Å². The number of likely N-dealkylation sites (N-methyl/N-ethyl adjacent to an activating group) is 1. The van der Waals surface area contributed by atoms with E-state index >= 15 is 0 Å². The van der Waals surface area contributed by atoms with Gasteiger partial charge >= 0.3 is 5.97 Å². The molecule has 0 radical (unpaired) electrons. The van der Waals surface area contributed by atoms with E-state index in [-0.39, 0.29) is 18.4 Å². The van der Waals surface area contributed by atoms with E-state index < -0.39 is 5.97 Å². The van der Waals surface area contributed by atoms with Crippen LogP contribution in [0.5, 0.6) is 11.5 Å². The molecule has 0 atom stereocenters. The molecule has 4 rings (SSSR count). The average Bonchev–Trinajstić information content (AvgIpc) is 3.26. The Balaban J connectivity index is 1.49. The number of nitrogens with one attached hydrogen (secondary N) is 1. The predicted octanol–water partition coefficient (Wildman–Crippen LogP) is 5.51. The van der Waals surface area contributed by atoms with Crippen molar-refractivity contribution in [2.75, 3.05) is 32.2 Å². The van der Waals surface area contributed by atoms with Gasteiger partial charge < -0.3 is 19.5 Å². The highest BCUT2D eigenvalue weighted by Gasteiger charge is 2.32. The number of methoxy groups -OCH3 is 1. The summed E-state index contributed by atoms with van der Waals surface area (Å²) in [5, 5.41) is 3.32. The van der Waals surface area contributed by atoms with Gasteiger partial charge in [-0.15, -0.1) is 0 Å². The minimum atomic E-state index is -0.427. The minimum Gasteiger partial charge on any atom is -0.490 e. The molecular weight excluding hydrogens is 530 g/mol. The molecule has 0 unspecified atom stereocenters. The Morgan fingerprint density at radius 2 is 1.73 bits per heavy atom. The summed E-state index contributed by atoms with van der Waals surface area (Å²) in [7, 11) is 1.33. The summed E-state index contributed by atoms with van der Waals surface area (Å²) in [5.74, 6) is 0.00742. The van der Waals surface area contributed by atoms with Crippen LogP contribution in [0.15, 0.2) is 82.7 Å². The zero-order valence-electron chi connectivity index (χ0n) is 22.4. The van der Waals surface area contributed by atoms with Crippen molar-refractivity contribution in [1.82, 2.24) is 4.90 Å². The first-order valence-corrected chi connectivity index (χ1v) is 13.5. The molecule has 40 heavy (non-hydrogen) atoms. The van der Waals surface area contributed by atoms with Crippen LogP contribution in [0.2, 0.25) is 0 Å². The fourth-order valence-electron chi connectivity index (χ4n) is 3.79. The SMILES string of the molecule is CCOc1cc(/C=C2/SC(=Nc3ccc(C(=O)OC)cc3)N(CC)C2=O)ccc1OCC(=O)Nc1ccccc1. The number of para-hydroxylation sites is 1. The standard InChI is InChI=1S/C30H29N3O6S/c1-4-33-28(35)26(40-30(33)32-23-14-12-21(13-15-23)29(36)37-3)18-20-11-16-24(25(17-20)38-5-2)39-19-27(34)31-22-9-7-6-8-10-22/h6-18H,4-5,19H2,1-3H3,(H,31,34)/b26-18+,32-30?. The fourth-order valence-corrected chi connectivity index (χ4v) is 4.85. The maximum absolute atomic E-state index is 13.1. The van der Waals surface area contributed by atoms with Crippen molar-refractivity contribution < 1.29 is 28.6 Å². The van der Waals surface area contributed by atoms with E-state index in [1.807, 2.05) is 32.0 Å². The van der Waals surface area contributed by atoms with Crippen LogP contribution in [-0.4, -0.2) is 54.7 Å². The largest absolute Gasteiger partial charge is 0.490 e. The van der Waals surface area contributed by atoms with Gasteiger partial charge in [-0.1, -0.05) is 24.3 Å². The van der Waals surface area contributed by atoms with Crippen molar-refractivity contribution in [2.24, 2.45) is 4.99 Å². The van der Waals surface area contributed by atoms with Crippen LogP contribution in [0.25, 0.3) is 6.08 Å². The molecule has 0 aromatic heterocycles. The van der Waals surface area contributed by atoms with Crippen molar-refractivity contribution >= 4 is 52.2 Å². The summed E-state index contributed by atoms with van der Waals surface area (Å²) in [6, 6.07) is 21.1. The number of nitrogens with zero attached hydrogens (tertiary/aromatic N) is 2. The number of aliphatic imine (C=N–C) groups is 1. The number of esters is 1. The summed E-state index contributed by atoms with van der Waals surface area (Å²) in [5.41, 5.74) is 2.45. The molecule has 1 N–H and O–H groups in total. The van der Waals surface area contributed by atoms with Gasteiger partial charge in [-0.05, 0) is 85.8 Å². The number of carbonyl (C=O) groups is 3. The van der Waals surface area contributed by atoms with Crippen LogP contribution in [0.1, 0.15) is 29.8 Å². The Hall–Kier alpha value is -4.57. The first-order valence-electron chi connectivity index (χ1n) is 12.6. The molecule has 0 bridgehead atoms. The molecule has 1 aliphatic heterocycles. The molecule has 206 valence electrons. The summed E-state index contributed by atoms with van der Waals surface area (Å²) >= 11 is 1.27. The second-order valence-electron chi connectivity index (χ2n) is 8.43. The van der Waals surface area contributed by atoms with E-state index in [4.69, 9.17) is 14.2 Å². The van der Waals surface area contributed by atoms with Gasteiger partial charge in [-0.2, -0.15) is 0 Å². The average molecular weight is 560 g/mol. The van der Waals surface area contributed by atoms with Gasteiger partial charge in [0.25, 0.3) is 11.8 Å². The van der Waals surface area contributed by atoms with Crippen molar-refractivity contribution in [1.29, 1.82) is 0 Å². The quantitative estimate of drug-likeness (QED) is 0.258. The maximum atomic E-state index is 13.1. The van der Waals surface area contributed by atoms with E-state index in [2.05, 4.69) is 10.3 Å². The van der Waals surface area contributed by atoms with Gasteiger partial charge in [-0.25, -0.2) is 9.79 Å². The molecule has 1 heterocycles. The molecular formula is C30H29N3O6S. The van der Waals surface area contributed by atoms with Gasteiger partial charge in [0.05, 0.1) is 29.9 Å². The lowest BCUT2D eigenvalue weighted by atomic mass is 10.2. The highest BCUT2D eigenvalue weighted by molar-refractivity contribution is 8.18. The zero-order valence-corrected chi connectivity index (χ0v) is 23.2. The van der Waals surface area contributed by atoms with Crippen molar-refractivity contribution in [3.05, 3.63) is 88.8 Å². The van der Waals surface area contributed by atoms with Crippen molar-refractivity contribution in [3.63, 3.8) is 0 Å². The van der Waals surface area contributed by atoms with Crippen LogP contribution in [0.3, 0.4) is 0 Å².